The number of fused-ring (bicyclic) bond motifs is 1. The van der Waals surface area contributed by atoms with Gasteiger partial charge in [-0.05, 0) is 55.0 Å². The van der Waals surface area contributed by atoms with Gasteiger partial charge in [-0.25, -0.2) is 4.98 Å². The highest BCUT2D eigenvalue weighted by Crippen LogP contribution is 2.42. The van der Waals surface area contributed by atoms with E-state index in [-0.39, 0.29) is 22.8 Å². The van der Waals surface area contributed by atoms with Crippen molar-refractivity contribution >= 4 is 28.4 Å². The molecule has 4 rings (SSSR count). The van der Waals surface area contributed by atoms with Gasteiger partial charge in [-0.1, -0.05) is 23.9 Å². The number of thioether (sulfide) groups is 1. The lowest BCUT2D eigenvalue weighted by Gasteiger charge is -2.17. The second kappa shape index (κ2) is 10.7. The topological polar surface area (TPSA) is 88.9 Å². The van der Waals surface area contributed by atoms with Crippen molar-refractivity contribution in [1.82, 2.24) is 9.55 Å². The van der Waals surface area contributed by atoms with Crippen LogP contribution in [0.4, 0.5) is 0 Å². The van der Waals surface area contributed by atoms with E-state index in [2.05, 4.69) is 0 Å². The Kier molecular flexibility index (Phi) is 7.49. The Morgan fingerprint density at radius 2 is 1.64 bits per heavy atom. The number of aromatic nitrogens is 2. The molecule has 1 aromatic heterocycles. The van der Waals surface area contributed by atoms with Gasteiger partial charge in [0.15, 0.2) is 22.4 Å². The summed E-state index contributed by atoms with van der Waals surface area (Å²) < 4.78 is 23.2. The summed E-state index contributed by atoms with van der Waals surface area (Å²) >= 11 is 1.18. The van der Waals surface area contributed by atoms with Crippen molar-refractivity contribution in [3.63, 3.8) is 0 Å². The summed E-state index contributed by atoms with van der Waals surface area (Å²) in [6.45, 7) is 1.94. The van der Waals surface area contributed by atoms with Crippen LogP contribution in [-0.4, -0.2) is 49.5 Å². The largest absolute Gasteiger partial charge is 0.497 e. The molecule has 8 nitrogen and oxygen atoms in total. The maximum atomic E-state index is 13.8. The van der Waals surface area contributed by atoms with Crippen LogP contribution in [0.5, 0.6) is 23.0 Å². The quantitative estimate of drug-likeness (QED) is 0.183. The van der Waals surface area contributed by atoms with Crippen molar-refractivity contribution in [2.75, 3.05) is 34.2 Å². The van der Waals surface area contributed by atoms with Gasteiger partial charge in [-0.2, -0.15) is 0 Å². The van der Waals surface area contributed by atoms with Gasteiger partial charge in [-0.3, -0.25) is 14.2 Å². The smallest absolute Gasteiger partial charge is 0.266 e. The molecule has 3 aromatic carbocycles. The maximum Gasteiger partial charge on any atom is 0.266 e. The van der Waals surface area contributed by atoms with E-state index in [1.165, 1.54) is 37.7 Å². The first-order valence-electron chi connectivity index (χ1n) is 11.0. The lowest BCUT2D eigenvalue weighted by molar-refractivity contribution is 0.102. The second-order valence-electron chi connectivity index (χ2n) is 7.86. The summed E-state index contributed by atoms with van der Waals surface area (Å²) in [5.41, 5.74) is 2.17. The Bertz CT molecular complexity index is 1480. The molecule has 0 aliphatic heterocycles. The third-order valence-electron chi connectivity index (χ3n) is 5.64. The number of nitrogens with zero attached hydrogens (tertiary/aromatic N) is 2. The van der Waals surface area contributed by atoms with Crippen LogP contribution in [0.2, 0.25) is 0 Å². The Hall–Kier alpha value is -3.98. The predicted molar refractivity (Wildman–Crippen MR) is 140 cm³/mol. The van der Waals surface area contributed by atoms with Crippen LogP contribution >= 0.6 is 11.8 Å². The molecule has 0 bridgehead atoms. The Morgan fingerprint density at radius 1 is 0.917 bits per heavy atom. The third-order valence-corrected chi connectivity index (χ3v) is 6.58. The van der Waals surface area contributed by atoms with Crippen LogP contribution in [0, 0.1) is 6.92 Å². The minimum absolute atomic E-state index is 0.0751. The fourth-order valence-electron chi connectivity index (χ4n) is 3.85. The van der Waals surface area contributed by atoms with E-state index in [0.717, 1.165) is 5.56 Å². The molecule has 0 fully saturated rings. The first-order valence-corrected chi connectivity index (χ1v) is 12.0. The van der Waals surface area contributed by atoms with E-state index < -0.39 is 0 Å². The summed E-state index contributed by atoms with van der Waals surface area (Å²) in [4.78, 5) is 31.6. The Labute approximate surface area is 212 Å². The monoisotopic (exact) mass is 506 g/mol. The van der Waals surface area contributed by atoms with Crippen LogP contribution in [0.3, 0.4) is 0 Å². The van der Waals surface area contributed by atoms with Gasteiger partial charge in [0.2, 0.25) is 5.75 Å². The molecular weight excluding hydrogens is 480 g/mol. The lowest BCUT2D eigenvalue weighted by atomic mass is 10.1. The van der Waals surface area contributed by atoms with E-state index in [1.807, 2.05) is 31.2 Å². The predicted octanol–water partition coefficient (Wildman–Crippen LogP) is 4.70. The van der Waals surface area contributed by atoms with E-state index in [9.17, 15) is 9.59 Å². The minimum Gasteiger partial charge on any atom is -0.497 e. The summed E-state index contributed by atoms with van der Waals surface area (Å²) in [5.74, 6) is 1.60. The molecule has 1 heterocycles. The highest BCUT2D eigenvalue weighted by molar-refractivity contribution is 7.99. The SMILES string of the molecule is COc1ccc(C(=O)CSc2nc3c(OC)c(OC)c(OC)cc3c(=O)n2-c2cccc(C)c2)cc1. The average Bonchev–Trinajstić information content (AvgIpc) is 2.90. The first-order chi connectivity index (χ1) is 17.4. The first kappa shape index (κ1) is 25.1. The fourth-order valence-corrected chi connectivity index (χ4v) is 4.75. The van der Waals surface area contributed by atoms with Gasteiger partial charge >= 0.3 is 0 Å². The molecule has 186 valence electrons. The minimum atomic E-state index is -0.316. The summed E-state index contributed by atoms with van der Waals surface area (Å²) in [7, 11) is 6.03. The number of methoxy groups -OCH3 is 4. The number of benzene rings is 3. The number of carbonyl (C=O) groups is 1. The van der Waals surface area contributed by atoms with E-state index in [1.54, 1.807) is 37.4 Å². The standard InChI is InChI=1S/C27H26N2O6S/c1-16-7-6-8-18(13-16)29-26(31)20-14-22(33-3)24(34-4)25(35-5)23(20)28-27(29)36-15-21(30)17-9-11-19(32-2)12-10-17/h6-14H,15H2,1-5H3. The molecule has 0 aliphatic carbocycles. The van der Waals surface area contributed by atoms with Crippen LogP contribution in [0.15, 0.2) is 64.5 Å². The summed E-state index contributed by atoms with van der Waals surface area (Å²) in [6, 6.07) is 16.0. The zero-order valence-electron chi connectivity index (χ0n) is 20.7. The maximum absolute atomic E-state index is 13.8. The molecule has 0 saturated carbocycles. The van der Waals surface area contributed by atoms with Crippen LogP contribution < -0.4 is 24.5 Å². The van der Waals surface area contributed by atoms with Gasteiger partial charge in [0.25, 0.3) is 5.56 Å². The average molecular weight is 507 g/mol. The van der Waals surface area contributed by atoms with Gasteiger partial charge in [-0.15, -0.1) is 0 Å². The molecule has 0 spiro atoms. The zero-order valence-corrected chi connectivity index (χ0v) is 21.5. The van der Waals surface area contributed by atoms with E-state index >= 15 is 0 Å². The number of aryl methyl sites for hydroxylation is 1. The van der Waals surface area contributed by atoms with E-state index in [0.29, 0.717) is 44.6 Å². The number of hydrogen-bond donors (Lipinski definition) is 0. The van der Waals surface area contributed by atoms with Crippen molar-refractivity contribution in [2.45, 2.75) is 12.1 Å². The van der Waals surface area contributed by atoms with Crippen molar-refractivity contribution in [3.8, 4) is 28.7 Å². The summed E-state index contributed by atoms with van der Waals surface area (Å²) in [6.07, 6.45) is 0. The Balaban J connectivity index is 1.87. The highest BCUT2D eigenvalue weighted by atomic mass is 32.2. The number of rotatable bonds is 9. The van der Waals surface area contributed by atoms with Crippen molar-refractivity contribution < 1.29 is 23.7 Å². The number of Topliss-reactive ketones (excluding diaryl/α,β-unsaturated/α-hetero) is 1. The molecule has 0 atom stereocenters. The van der Waals surface area contributed by atoms with Gasteiger partial charge in [0.1, 0.15) is 11.3 Å². The lowest BCUT2D eigenvalue weighted by Crippen LogP contribution is -2.23. The molecular formula is C27H26N2O6S. The molecule has 0 unspecified atom stereocenters. The molecule has 36 heavy (non-hydrogen) atoms. The molecule has 9 heteroatoms. The number of hydrogen-bond acceptors (Lipinski definition) is 8. The fraction of sp³-hybridized carbons (Fsp3) is 0.222. The number of carbonyl (C=O) groups excluding carboxylic acids is 1. The van der Waals surface area contributed by atoms with Crippen molar-refractivity contribution in [3.05, 3.63) is 76.1 Å². The summed E-state index contributed by atoms with van der Waals surface area (Å²) in [5, 5.41) is 0.655. The number of ketones is 1. The normalized spacial score (nSPS) is 10.8. The molecule has 0 amide bonds. The zero-order chi connectivity index (χ0) is 25.8. The van der Waals surface area contributed by atoms with Crippen LogP contribution in [0.25, 0.3) is 16.6 Å². The molecule has 0 N–H and O–H groups in total. The van der Waals surface area contributed by atoms with Gasteiger partial charge < -0.3 is 18.9 Å². The van der Waals surface area contributed by atoms with Crippen molar-refractivity contribution in [1.29, 1.82) is 0 Å². The molecule has 4 aromatic rings. The van der Waals surface area contributed by atoms with Gasteiger partial charge in [0, 0.05) is 5.56 Å². The van der Waals surface area contributed by atoms with E-state index in [4.69, 9.17) is 23.9 Å². The van der Waals surface area contributed by atoms with Crippen molar-refractivity contribution in [2.24, 2.45) is 0 Å². The molecule has 0 saturated heterocycles. The number of ether oxygens (including phenoxy) is 4. The van der Waals surface area contributed by atoms with Gasteiger partial charge in [0.05, 0.1) is 45.3 Å². The van der Waals surface area contributed by atoms with Crippen LogP contribution in [0.1, 0.15) is 15.9 Å². The molecule has 0 radical (unpaired) electrons. The highest BCUT2D eigenvalue weighted by Gasteiger charge is 2.23. The molecule has 0 aliphatic rings. The van der Waals surface area contributed by atoms with Crippen LogP contribution in [-0.2, 0) is 0 Å². The Morgan fingerprint density at radius 3 is 2.25 bits per heavy atom. The third kappa shape index (κ3) is 4.74. The second-order valence-corrected chi connectivity index (χ2v) is 8.80.